The van der Waals surface area contributed by atoms with Gasteiger partial charge in [0, 0.05) is 6.20 Å². The molecule has 1 aliphatic carbocycles. The van der Waals surface area contributed by atoms with Crippen molar-refractivity contribution in [2.45, 2.75) is 58.0 Å². The molecule has 0 aromatic carbocycles. The lowest BCUT2D eigenvalue weighted by Crippen LogP contribution is -2.41. The minimum atomic E-state index is -0.402. The molecule has 3 N–H and O–H groups in total. The highest BCUT2D eigenvalue weighted by molar-refractivity contribution is 5.81. The van der Waals surface area contributed by atoms with Crippen molar-refractivity contribution in [3.05, 3.63) is 23.8 Å². The van der Waals surface area contributed by atoms with Crippen LogP contribution < -0.4 is 11.1 Å². The lowest BCUT2D eigenvalue weighted by molar-refractivity contribution is -0.123. The van der Waals surface area contributed by atoms with Gasteiger partial charge in [0.25, 0.3) is 0 Å². The number of aromatic nitrogens is 2. The number of nitrogens with one attached hydrogen (secondary N) is 1. The minimum Gasteiger partial charge on any atom is -0.349 e. The van der Waals surface area contributed by atoms with Crippen LogP contribution in [0.15, 0.2) is 12.3 Å². The fourth-order valence-electron chi connectivity index (χ4n) is 2.80. The van der Waals surface area contributed by atoms with Crippen LogP contribution in [0.3, 0.4) is 0 Å². The zero-order chi connectivity index (χ0) is 14.4. The van der Waals surface area contributed by atoms with Crippen LogP contribution in [0.2, 0.25) is 0 Å². The van der Waals surface area contributed by atoms with E-state index in [1.165, 1.54) is 32.1 Å². The largest absolute Gasteiger partial charge is 0.349 e. The van der Waals surface area contributed by atoms with E-state index in [1.54, 1.807) is 12.3 Å². The first-order valence-corrected chi connectivity index (χ1v) is 7.47. The topological polar surface area (TPSA) is 80.9 Å². The Labute approximate surface area is 120 Å². The first-order chi connectivity index (χ1) is 9.65. The maximum atomic E-state index is 12.0. The number of hydrogen-bond donors (Lipinski definition) is 2. The number of nitrogens with zero attached hydrogens (tertiary/aromatic N) is 2. The second-order valence-electron chi connectivity index (χ2n) is 5.66. The third-order valence-corrected chi connectivity index (χ3v) is 3.93. The van der Waals surface area contributed by atoms with Crippen LogP contribution >= 0.6 is 0 Å². The normalized spacial score (nSPS) is 17.7. The summed E-state index contributed by atoms with van der Waals surface area (Å²) >= 11 is 0. The van der Waals surface area contributed by atoms with E-state index < -0.39 is 6.04 Å². The van der Waals surface area contributed by atoms with Crippen molar-refractivity contribution in [3.63, 3.8) is 0 Å². The first-order valence-electron chi connectivity index (χ1n) is 7.47. The highest BCUT2D eigenvalue weighted by Gasteiger charge is 2.21. The molecule has 0 saturated heterocycles. The molecule has 0 spiro atoms. The van der Waals surface area contributed by atoms with Gasteiger partial charge in [-0.05, 0) is 25.3 Å². The fourth-order valence-corrected chi connectivity index (χ4v) is 2.80. The van der Waals surface area contributed by atoms with Crippen LogP contribution in [0.25, 0.3) is 0 Å². The highest BCUT2D eigenvalue weighted by Crippen LogP contribution is 2.26. The molecule has 1 fully saturated rings. The molecule has 1 aliphatic rings. The van der Waals surface area contributed by atoms with Gasteiger partial charge in [0.1, 0.15) is 5.82 Å². The van der Waals surface area contributed by atoms with Crippen LogP contribution in [0.5, 0.6) is 0 Å². The molecule has 5 heteroatoms. The smallest absolute Gasteiger partial charge is 0.237 e. The third kappa shape index (κ3) is 4.56. The van der Waals surface area contributed by atoms with E-state index >= 15 is 0 Å². The Bertz CT molecular complexity index is 443. The summed E-state index contributed by atoms with van der Waals surface area (Å²) in [7, 11) is 0. The molecule has 1 aromatic rings. The number of carbonyl (C=O) groups is 1. The molecule has 1 atom stereocenters. The van der Waals surface area contributed by atoms with E-state index in [0.717, 1.165) is 12.1 Å². The van der Waals surface area contributed by atoms with Crippen molar-refractivity contribution in [2.24, 2.45) is 11.7 Å². The van der Waals surface area contributed by atoms with Crippen molar-refractivity contribution in [2.75, 3.05) is 0 Å². The molecule has 1 aromatic heterocycles. The molecule has 1 amide bonds. The summed E-state index contributed by atoms with van der Waals surface area (Å²) in [5.41, 5.74) is 6.81. The Morgan fingerprint density at radius 2 is 2.20 bits per heavy atom. The Balaban J connectivity index is 1.76. The Morgan fingerprint density at radius 1 is 1.45 bits per heavy atom. The molecule has 110 valence electrons. The lowest BCUT2D eigenvalue weighted by atomic mass is 9.85. The first kappa shape index (κ1) is 14.9. The van der Waals surface area contributed by atoms with Crippen molar-refractivity contribution < 1.29 is 4.79 Å². The number of nitrogens with two attached hydrogens (primary N) is 1. The SMILES string of the molecule is Cc1nccc(CNC(=O)C(N)CC2CCCCC2)n1. The number of rotatable bonds is 5. The van der Waals surface area contributed by atoms with Gasteiger partial charge in [0.05, 0.1) is 18.3 Å². The van der Waals surface area contributed by atoms with Gasteiger partial charge >= 0.3 is 0 Å². The molecule has 5 nitrogen and oxygen atoms in total. The Morgan fingerprint density at radius 3 is 2.90 bits per heavy atom. The van der Waals surface area contributed by atoms with Crippen LogP contribution in [0, 0.1) is 12.8 Å². The molecule has 1 unspecified atom stereocenters. The van der Waals surface area contributed by atoms with Crippen molar-refractivity contribution in [1.82, 2.24) is 15.3 Å². The number of hydrogen-bond acceptors (Lipinski definition) is 4. The summed E-state index contributed by atoms with van der Waals surface area (Å²) in [5.74, 6) is 1.25. The lowest BCUT2D eigenvalue weighted by Gasteiger charge is -2.24. The van der Waals surface area contributed by atoms with E-state index in [0.29, 0.717) is 18.3 Å². The zero-order valence-electron chi connectivity index (χ0n) is 12.1. The predicted molar refractivity (Wildman–Crippen MR) is 77.8 cm³/mol. The number of amides is 1. The van der Waals surface area contributed by atoms with Gasteiger partial charge in [-0.1, -0.05) is 32.1 Å². The van der Waals surface area contributed by atoms with E-state index in [2.05, 4.69) is 15.3 Å². The molecule has 0 radical (unpaired) electrons. The number of carbonyl (C=O) groups excluding carboxylic acids is 1. The monoisotopic (exact) mass is 276 g/mol. The third-order valence-electron chi connectivity index (χ3n) is 3.93. The van der Waals surface area contributed by atoms with E-state index in [1.807, 2.05) is 6.92 Å². The molecule has 1 saturated carbocycles. The summed E-state index contributed by atoms with van der Waals surface area (Å²) < 4.78 is 0. The van der Waals surface area contributed by atoms with Crippen molar-refractivity contribution in [1.29, 1.82) is 0 Å². The van der Waals surface area contributed by atoms with Gasteiger partial charge in [0.2, 0.25) is 5.91 Å². The van der Waals surface area contributed by atoms with E-state index in [9.17, 15) is 4.79 Å². The van der Waals surface area contributed by atoms with Gasteiger partial charge in [-0.25, -0.2) is 9.97 Å². The minimum absolute atomic E-state index is 0.0770. The summed E-state index contributed by atoms with van der Waals surface area (Å²) in [6, 6.07) is 1.40. The van der Waals surface area contributed by atoms with Crippen LogP contribution in [0.4, 0.5) is 0 Å². The Kier molecular flexibility index (Phi) is 5.47. The van der Waals surface area contributed by atoms with E-state index in [4.69, 9.17) is 5.73 Å². The molecular formula is C15H24N4O. The molecule has 2 rings (SSSR count). The summed E-state index contributed by atoms with van der Waals surface area (Å²) in [6.07, 6.45) is 8.81. The number of aryl methyl sites for hydroxylation is 1. The maximum absolute atomic E-state index is 12.0. The van der Waals surface area contributed by atoms with E-state index in [-0.39, 0.29) is 5.91 Å². The summed E-state index contributed by atoms with van der Waals surface area (Å²) in [5, 5.41) is 2.86. The molecule has 20 heavy (non-hydrogen) atoms. The van der Waals surface area contributed by atoms with Crippen molar-refractivity contribution in [3.8, 4) is 0 Å². The zero-order valence-corrected chi connectivity index (χ0v) is 12.1. The van der Waals surface area contributed by atoms with Gasteiger partial charge in [-0.2, -0.15) is 0 Å². The molecule has 0 aliphatic heterocycles. The van der Waals surface area contributed by atoms with Crippen molar-refractivity contribution >= 4 is 5.91 Å². The van der Waals surface area contributed by atoms with Gasteiger partial charge in [-0.3, -0.25) is 4.79 Å². The fraction of sp³-hybridized carbons (Fsp3) is 0.667. The summed E-state index contributed by atoms with van der Waals surface area (Å²) in [6.45, 7) is 2.25. The molecule has 0 bridgehead atoms. The predicted octanol–water partition coefficient (Wildman–Crippen LogP) is 1.70. The summed E-state index contributed by atoms with van der Waals surface area (Å²) in [4.78, 5) is 20.3. The quantitative estimate of drug-likeness (QED) is 0.857. The van der Waals surface area contributed by atoms with Crippen LogP contribution in [0.1, 0.15) is 50.0 Å². The Hall–Kier alpha value is -1.49. The van der Waals surface area contributed by atoms with Gasteiger partial charge < -0.3 is 11.1 Å². The standard InChI is InChI=1S/C15H24N4O/c1-11-17-8-7-13(19-11)10-18-15(20)14(16)9-12-5-3-2-4-6-12/h7-8,12,14H,2-6,9-10,16H2,1H3,(H,18,20). The van der Waals surface area contributed by atoms with Gasteiger partial charge in [0.15, 0.2) is 0 Å². The highest BCUT2D eigenvalue weighted by atomic mass is 16.2. The molecular weight excluding hydrogens is 252 g/mol. The average molecular weight is 276 g/mol. The second-order valence-corrected chi connectivity index (χ2v) is 5.66. The second kappa shape index (κ2) is 7.33. The maximum Gasteiger partial charge on any atom is 0.237 e. The van der Waals surface area contributed by atoms with Gasteiger partial charge in [-0.15, -0.1) is 0 Å². The van der Waals surface area contributed by atoms with Crippen LogP contribution in [-0.2, 0) is 11.3 Å². The average Bonchev–Trinajstić information content (AvgIpc) is 2.46. The van der Waals surface area contributed by atoms with Crippen LogP contribution in [-0.4, -0.2) is 21.9 Å². The molecule has 1 heterocycles.